The summed E-state index contributed by atoms with van der Waals surface area (Å²) in [6.45, 7) is 0. The van der Waals surface area contributed by atoms with Crippen LogP contribution < -0.4 is 5.32 Å². The minimum absolute atomic E-state index is 0.0658. The number of hydrogen-bond acceptors (Lipinski definition) is 3. The third-order valence-electron chi connectivity index (χ3n) is 5.18. The first kappa shape index (κ1) is 21.8. The number of nitrogens with one attached hydrogen (secondary N) is 1. The van der Waals surface area contributed by atoms with Gasteiger partial charge in [-0.1, -0.05) is 47.3 Å². The van der Waals surface area contributed by atoms with E-state index in [4.69, 9.17) is 0 Å². The van der Waals surface area contributed by atoms with E-state index < -0.39 is 11.7 Å². The van der Waals surface area contributed by atoms with Crippen LogP contribution in [0.5, 0.6) is 0 Å². The minimum atomic E-state index is -0.512. The zero-order valence-corrected chi connectivity index (χ0v) is 18.7. The second-order valence-corrected chi connectivity index (χ2v) is 9.09. The van der Waals surface area contributed by atoms with Crippen LogP contribution in [-0.2, 0) is 4.79 Å². The Morgan fingerprint density at radius 1 is 1.17 bits per heavy atom. The highest BCUT2D eigenvalue weighted by molar-refractivity contribution is 9.10. The van der Waals surface area contributed by atoms with Gasteiger partial charge in [0.25, 0.3) is 5.91 Å². The SMILES string of the molecule is CN(C(=O)CSc1ccccc1C(=O)Nc1ccc(Br)cc1F)C1CCCCC1. The number of amides is 2. The van der Waals surface area contributed by atoms with E-state index in [0.717, 1.165) is 12.8 Å². The van der Waals surface area contributed by atoms with Gasteiger partial charge < -0.3 is 10.2 Å². The van der Waals surface area contributed by atoms with Crippen molar-refractivity contribution in [1.82, 2.24) is 4.90 Å². The standard InChI is InChI=1S/C22H24BrFN2O2S/c1-26(16-7-3-2-4-8-16)21(27)14-29-20-10-6-5-9-17(20)22(28)25-19-12-11-15(23)13-18(19)24/h5-6,9-13,16H,2-4,7-8,14H2,1H3,(H,25,28). The lowest BCUT2D eigenvalue weighted by Crippen LogP contribution is -2.39. The summed E-state index contributed by atoms with van der Waals surface area (Å²) in [4.78, 5) is 27.9. The van der Waals surface area contributed by atoms with Crippen LogP contribution in [0, 0.1) is 5.82 Å². The van der Waals surface area contributed by atoms with Crippen molar-refractivity contribution in [2.75, 3.05) is 18.1 Å². The molecule has 0 atom stereocenters. The fourth-order valence-corrected chi connectivity index (χ4v) is 4.78. The number of benzene rings is 2. The maximum Gasteiger partial charge on any atom is 0.256 e. The molecule has 2 aromatic rings. The fraction of sp³-hybridized carbons (Fsp3) is 0.364. The van der Waals surface area contributed by atoms with Crippen LogP contribution in [-0.4, -0.2) is 35.6 Å². The Kier molecular flexibility index (Phi) is 7.72. The van der Waals surface area contributed by atoms with Crippen LogP contribution in [0.3, 0.4) is 0 Å². The molecule has 0 aromatic heterocycles. The lowest BCUT2D eigenvalue weighted by atomic mass is 9.94. The third kappa shape index (κ3) is 5.82. The Morgan fingerprint density at radius 2 is 1.90 bits per heavy atom. The second-order valence-electron chi connectivity index (χ2n) is 7.16. The van der Waals surface area contributed by atoms with Crippen LogP contribution >= 0.6 is 27.7 Å². The topological polar surface area (TPSA) is 49.4 Å². The largest absolute Gasteiger partial charge is 0.342 e. The molecular formula is C22H24BrFN2O2S. The molecule has 1 N–H and O–H groups in total. The van der Waals surface area contributed by atoms with Gasteiger partial charge in [0.05, 0.1) is 17.0 Å². The Morgan fingerprint density at radius 3 is 2.62 bits per heavy atom. The molecule has 0 spiro atoms. The van der Waals surface area contributed by atoms with Crippen molar-refractivity contribution in [2.45, 2.75) is 43.0 Å². The summed E-state index contributed by atoms with van der Waals surface area (Å²) in [5.41, 5.74) is 0.541. The Bertz CT molecular complexity index is 887. The Labute approximate surface area is 183 Å². The summed E-state index contributed by atoms with van der Waals surface area (Å²) in [6.07, 6.45) is 5.71. The van der Waals surface area contributed by atoms with Gasteiger partial charge in [0.1, 0.15) is 5.82 Å². The lowest BCUT2D eigenvalue weighted by molar-refractivity contribution is -0.129. The highest BCUT2D eigenvalue weighted by Gasteiger charge is 2.22. The molecule has 0 heterocycles. The van der Waals surface area contributed by atoms with E-state index in [-0.39, 0.29) is 17.3 Å². The van der Waals surface area contributed by atoms with Crippen molar-refractivity contribution in [3.8, 4) is 0 Å². The molecule has 1 saturated carbocycles. The minimum Gasteiger partial charge on any atom is -0.342 e. The van der Waals surface area contributed by atoms with Gasteiger partial charge in [0.15, 0.2) is 0 Å². The van der Waals surface area contributed by atoms with Crippen LogP contribution in [0.4, 0.5) is 10.1 Å². The molecule has 0 aliphatic heterocycles. The van der Waals surface area contributed by atoms with E-state index in [1.807, 2.05) is 24.1 Å². The number of carbonyl (C=O) groups is 2. The van der Waals surface area contributed by atoms with Crippen LogP contribution in [0.2, 0.25) is 0 Å². The zero-order valence-electron chi connectivity index (χ0n) is 16.3. The fourth-order valence-electron chi connectivity index (χ4n) is 3.47. The average molecular weight is 479 g/mol. The number of carbonyl (C=O) groups excluding carboxylic acids is 2. The van der Waals surface area contributed by atoms with Crippen molar-refractivity contribution in [3.63, 3.8) is 0 Å². The van der Waals surface area contributed by atoms with E-state index in [1.165, 1.54) is 43.2 Å². The lowest BCUT2D eigenvalue weighted by Gasteiger charge is -2.31. The molecule has 7 heteroatoms. The molecule has 0 unspecified atom stereocenters. The number of thioether (sulfide) groups is 1. The Balaban J connectivity index is 1.65. The van der Waals surface area contributed by atoms with Crippen molar-refractivity contribution in [3.05, 3.63) is 58.3 Å². The molecule has 1 aliphatic rings. The van der Waals surface area contributed by atoms with Crippen molar-refractivity contribution < 1.29 is 14.0 Å². The van der Waals surface area contributed by atoms with Gasteiger partial charge in [-0.3, -0.25) is 9.59 Å². The highest BCUT2D eigenvalue weighted by Crippen LogP contribution is 2.27. The van der Waals surface area contributed by atoms with Gasteiger partial charge in [-0.25, -0.2) is 4.39 Å². The average Bonchev–Trinajstić information content (AvgIpc) is 2.74. The maximum absolute atomic E-state index is 14.0. The van der Waals surface area contributed by atoms with Crippen molar-refractivity contribution >= 4 is 45.2 Å². The predicted octanol–water partition coefficient (Wildman–Crippen LogP) is 5.72. The van der Waals surface area contributed by atoms with E-state index in [9.17, 15) is 14.0 Å². The molecular weight excluding hydrogens is 455 g/mol. The van der Waals surface area contributed by atoms with Gasteiger partial charge in [-0.05, 0) is 43.2 Å². The number of anilines is 1. The summed E-state index contributed by atoms with van der Waals surface area (Å²) in [5.74, 6) is -0.579. The third-order valence-corrected chi connectivity index (χ3v) is 6.73. The predicted molar refractivity (Wildman–Crippen MR) is 119 cm³/mol. The van der Waals surface area contributed by atoms with Gasteiger partial charge in [-0.2, -0.15) is 0 Å². The molecule has 0 saturated heterocycles. The smallest absolute Gasteiger partial charge is 0.256 e. The first-order valence-electron chi connectivity index (χ1n) is 9.69. The molecule has 3 rings (SSSR count). The first-order chi connectivity index (χ1) is 14.0. The summed E-state index contributed by atoms with van der Waals surface area (Å²) in [5, 5.41) is 2.61. The van der Waals surface area contributed by atoms with E-state index in [1.54, 1.807) is 18.2 Å². The molecule has 1 aliphatic carbocycles. The summed E-state index contributed by atoms with van der Waals surface area (Å²) < 4.78 is 14.6. The van der Waals surface area contributed by atoms with Crippen LogP contribution in [0.15, 0.2) is 51.8 Å². The summed E-state index contributed by atoms with van der Waals surface area (Å²) in [6, 6.07) is 11.9. The maximum atomic E-state index is 14.0. The quantitative estimate of drug-likeness (QED) is 0.539. The zero-order chi connectivity index (χ0) is 20.8. The van der Waals surface area contributed by atoms with Gasteiger partial charge in [-0.15, -0.1) is 11.8 Å². The van der Waals surface area contributed by atoms with E-state index in [0.29, 0.717) is 21.0 Å². The molecule has 2 aromatic carbocycles. The molecule has 0 radical (unpaired) electrons. The van der Waals surface area contributed by atoms with E-state index >= 15 is 0 Å². The van der Waals surface area contributed by atoms with E-state index in [2.05, 4.69) is 21.2 Å². The van der Waals surface area contributed by atoms with Gasteiger partial charge in [0.2, 0.25) is 5.91 Å². The normalized spacial score (nSPS) is 14.4. The summed E-state index contributed by atoms with van der Waals surface area (Å²) >= 11 is 4.54. The monoisotopic (exact) mass is 478 g/mol. The van der Waals surface area contributed by atoms with Crippen LogP contribution in [0.25, 0.3) is 0 Å². The molecule has 1 fully saturated rings. The number of hydrogen-bond donors (Lipinski definition) is 1. The van der Waals surface area contributed by atoms with Crippen LogP contribution in [0.1, 0.15) is 42.5 Å². The number of halogens is 2. The van der Waals surface area contributed by atoms with Gasteiger partial charge in [0, 0.05) is 22.5 Å². The molecule has 4 nitrogen and oxygen atoms in total. The number of rotatable bonds is 6. The summed E-state index contributed by atoms with van der Waals surface area (Å²) in [7, 11) is 1.87. The van der Waals surface area contributed by atoms with Crippen molar-refractivity contribution in [2.24, 2.45) is 0 Å². The van der Waals surface area contributed by atoms with Gasteiger partial charge >= 0.3 is 0 Å². The molecule has 2 amide bonds. The highest BCUT2D eigenvalue weighted by atomic mass is 79.9. The Hall–Kier alpha value is -1.86. The second kappa shape index (κ2) is 10.3. The molecule has 29 heavy (non-hydrogen) atoms. The molecule has 154 valence electrons. The molecule has 0 bridgehead atoms. The van der Waals surface area contributed by atoms with Crippen molar-refractivity contribution in [1.29, 1.82) is 0 Å². The first-order valence-corrected chi connectivity index (χ1v) is 11.5. The number of nitrogens with zero attached hydrogens (tertiary/aromatic N) is 1.